The van der Waals surface area contributed by atoms with E-state index in [1.807, 2.05) is 37.3 Å². The van der Waals surface area contributed by atoms with Gasteiger partial charge in [0.05, 0.1) is 12.6 Å². The van der Waals surface area contributed by atoms with Crippen LogP contribution in [0, 0.1) is 0 Å². The van der Waals surface area contributed by atoms with Gasteiger partial charge < -0.3 is 15.5 Å². The van der Waals surface area contributed by atoms with Crippen molar-refractivity contribution < 1.29 is 10.2 Å². The summed E-state index contributed by atoms with van der Waals surface area (Å²) in [6.07, 6.45) is 0. The van der Waals surface area contributed by atoms with Crippen molar-refractivity contribution in [3.05, 3.63) is 65.7 Å². The molecule has 0 fully saturated rings. The fraction of sp³-hybridized carbons (Fsp3) is 0.250. The van der Waals surface area contributed by atoms with Crippen LogP contribution < -0.4 is 5.32 Å². The molecule has 0 saturated carbocycles. The number of phenolic OH excluding ortho intramolecular Hbond substituents is 1. The Kier molecular flexibility index (Phi) is 4.55. The fourth-order valence-corrected chi connectivity index (χ4v) is 2.03. The van der Waals surface area contributed by atoms with Gasteiger partial charge in [0.1, 0.15) is 5.75 Å². The summed E-state index contributed by atoms with van der Waals surface area (Å²) in [5.41, 5.74) is 2.19. The maximum atomic E-state index is 9.38. The minimum absolute atomic E-state index is 0.000917. The molecule has 0 aliphatic rings. The Balaban J connectivity index is 2.31. The highest BCUT2D eigenvalue weighted by atomic mass is 16.3. The number of benzene rings is 2. The molecule has 2 atom stereocenters. The Bertz CT molecular complexity index is 496. The molecule has 0 aliphatic heterocycles. The minimum Gasteiger partial charge on any atom is -0.508 e. The predicted molar refractivity (Wildman–Crippen MR) is 76.1 cm³/mol. The molecule has 3 heteroatoms. The van der Waals surface area contributed by atoms with Crippen molar-refractivity contribution in [2.75, 3.05) is 6.61 Å². The summed E-state index contributed by atoms with van der Waals surface area (Å²) < 4.78 is 0. The number of phenols is 1. The van der Waals surface area contributed by atoms with Gasteiger partial charge in [-0.25, -0.2) is 0 Å². The lowest BCUT2D eigenvalue weighted by Crippen LogP contribution is -2.33. The van der Waals surface area contributed by atoms with E-state index in [2.05, 4.69) is 17.4 Å². The smallest absolute Gasteiger partial charge is 0.115 e. The molecule has 2 rings (SSSR count). The molecule has 0 bridgehead atoms. The van der Waals surface area contributed by atoms with Crippen molar-refractivity contribution in [3.63, 3.8) is 0 Å². The highest BCUT2D eigenvalue weighted by molar-refractivity contribution is 5.35. The Morgan fingerprint density at radius 2 is 1.53 bits per heavy atom. The molecule has 2 aromatic carbocycles. The molecule has 3 nitrogen and oxygen atoms in total. The van der Waals surface area contributed by atoms with Crippen LogP contribution >= 0.6 is 0 Å². The Hall–Kier alpha value is -1.84. The first-order chi connectivity index (χ1) is 9.20. The normalized spacial score (nSPS) is 14.0. The van der Waals surface area contributed by atoms with Crippen LogP contribution in [-0.2, 0) is 0 Å². The second-order valence-corrected chi connectivity index (χ2v) is 4.69. The third kappa shape index (κ3) is 3.56. The summed E-state index contributed by atoms with van der Waals surface area (Å²) in [6.45, 7) is 2.03. The zero-order valence-electron chi connectivity index (χ0n) is 11.0. The molecule has 1 unspecified atom stereocenters. The zero-order chi connectivity index (χ0) is 13.7. The summed E-state index contributed by atoms with van der Waals surface area (Å²) in [5, 5.41) is 22.0. The van der Waals surface area contributed by atoms with E-state index in [1.54, 1.807) is 12.1 Å². The predicted octanol–water partition coefficient (Wildman–Crippen LogP) is 2.45. The fourth-order valence-electron chi connectivity index (χ4n) is 2.03. The van der Waals surface area contributed by atoms with Crippen LogP contribution in [0.3, 0.4) is 0 Å². The monoisotopic (exact) mass is 257 g/mol. The largest absolute Gasteiger partial charge is 0.508 e. The van der Waals surface area contributed by atoms with Crippen molar-refractivity contribution in [1.82, 2.24) is 5.32 Å². The lowest BCUT2D eigenvalue weighted by molar-refractivity contribution is 0.245. The molecule has 0 heterocycles. The second kappa shape index (κ2) is 6.36. The van der Waals surface area contributed by atoms with Gasteiger partial charge in [-0.15, -0.1) is 0 Å². The molecular weight excluding hydrogens is 238 g/mol. The van der Waals surface area contributed by atoms with Gasteiger partial charge in [0.25, 0.3) is 0 Å². The molecular formula is C16H19NO2. The van der Waals surface area contributed by atoms with Crippen LogP contribution in [0.15, 0.2) is 54.6 Å². The van der Waals surface area contributed by atoms with E-state index in [4.69, 9.17) is 0 Å². The highest BCUT2D eigenvalue weighted by Gasteiger charge is 2.15. The van der Waals surface area contributed by atoms with E-state index < -0.39 is 0 Å². The average Bonchev–Trinajstić information content (AvgIpc) is 2.46. The third-order valence-corrected chi connectivity index (χ3v) is 3.08. The first-order valence-electron chi connectivity index (χ1n) is 6.41. The summed E-state index contributed by atoms with van der Waals surface area (Å²) in [4.78, 5) is 0. The Morgan fingerprint density at radius 1 is 0.947 bits per heavy atom. The highest BCUT2D eigenvalue weighted by Crippen LogP contribution is 2.24. The van der Waals surface area contributed by atoms with Crippen LogP contribution in [-0.4, -0.2) is 22.9 Å². The molecule has 0 amide bonds. The molecule has 0 aliphatic carbocycles. The molecule has 0 saturated heterocycles. The maximum absolute atomic E-state index is 9.38. The quantitative estimate of drug-likeness (QED) is 0.771. The maximum Gasteiger partial charge on any atom is 0.115 e. The van der Waals surface area contributed by atoms with Crippen molar-refractivity contribution in [2.45, 2.75) is 19.0 Å². The first-order valence-corrected chi connectivity index (χ1v) is 6.41. The molecule has 3 N–H and O–H groups in total. The van der Waals surface area contributed by atoms with Gasteiger partial charge in [0.15, 0.2) is 0 Å². The lowest BCUT2D eigenvalue weighted by atomic mass is 9.98. The Labute approximate surface area is 113 Å². The second-order valence-electron chi connectivity index (χ2n) is 4.69. The minimum atomic E-state index is -0.000917. The van der Waals surface area contributed by atoms with Crippen LogP contribution in [0.5, 0.6) is 5.75 Å². The number of nitrogens with one attached hydrogen (secondary N) is 1. The third-order valence-electron chi connectivity index (χ3n) is 3.08. The van der Waals surface area contributed by atoms with E-state index in [-0.39, 0.29) is 24.4 Å². The topological polar surface area (TPSA) is 52.5 Å². The van der Waals surface area contributed by atoms with Crippen LogP contribution in [0.25, 0.3) is 0 Å². The summed E-state index contributed by atoms with van der Waals surface area (Å²) in [7, 11) is 0. The van der Waals surface area contributed by atoms with Gasteiger partial charge >= 0.3 is 0 Å². The number of rotatable bonds is 5. The van der Waals surface area contributed by atoms with E-state index >= 15 is 0 Å². The number of hydrogen-bond donors (Lipinski definition) is 3. The van der Waals surface area contributed by atoms with Crippen LogP contribution in [0.4, 0.5) is 0 Å². The molecule has 100 valence electrons. The zero-order valence-corrected chi connectivity index (χ0v) is 11.0. The number of aliphatic hydroxyl groups excluding tert-OH is 1. The van der Waals surface area contributed by atoms with Gasteiger partial charge in [-0.3, -0.25) is 0 Å². The molecule has 0 radical (unpaired) electrons. The van der Waals surface area contributed by atoms with Gasteiger partial charge in [-0.2, -0.15) is 0 Å². The molecule has 0 aromatic heterocycles. The number of aromatic hydroxyl groups is 1. The van der Waals surface area contributed by atoms with Crippen LogP contribution in [0.2, 0.25) is 0 Å². The van der Waals surface area contributed by atoms with Gasteiger partial charge in [0.2, 0.25) is 0 Å². The number of aliphatic hydroxyl groups is 1. The van der Waals surface area contributed by atoms with Gasteiger partial charge in [-0.05, 0) is 30.2 Å². The van der Waals surface area contributed by atoms with Crippen molar-refractivity contribution >= 4 is 0 Å². The SMILES string of the molecule is C[C@H](CO)NC(c1ccccc1)c1ccc(O)cc1. The van der Waals surface area contributed by atoms with Gasteiger partial charge in [-0.1, -0.05) is 42.5 Å². The van der Waals surface area contributed by atoms with Gasteiger partial charge in [0, 0.05) is 6.04 Å². The van der Waals surface area contributed by atoms with Crippen molar-refractivity contribution in [2.24, 2.45) is 0 Å². The Morgan fingerprint density at radius 3 is 2.11 bits per heavy atom. The first kappa shape index (κ1) is 13.6. The number of hydrogen-bond acceptors (Lipinski definition) is 3. The van der Waals surface area contributed by atoms with Crippen LogP contribution in [0.1, 0.15) is 24.1 Å². The average molecular weight is 257 g/mol. The van der Waals surface area contributed by atoms with E-state index in [9.17, 15) is 10.2 Å². The standard InChI is InChI=1S/C16H19NO2/c1-12(11-18)17-16(13-5-3-2-4-6-13)14-7-9-15(19)10-8-14/h2-10,12,16-19H,11H2,1H3/t12-,16?/m1/s1. The molecule has 19 heavy (non-hydrogen) atoms. The summed E-state index contributed by atoms with van der Waals surface area (Å²) >= 11 is 0. The van der Waals surface area contributed by atoms with E-state index in [1.165, 1.54) is 0 Å². The van der Waals surface area contributed by atoms with E-state index in [0.717, 1.165) is 11.1 Å². The molecule has 2 aromatic rings. The molecule has 0 spiro atoms. The summed E-state index contributed by atoms with van der Waals surface area (Å²) in [6, 6.07) is 17.2. The lowest BCUT2D eigenvalue weighted by Gasteiger charge is -2.23. The van der Waals surface area contributed by atoms with Crippen molar-refractivity contribution in [3.8, 4) is 5.75 Å². The van der Waals surface area contributed by atoms with Crippen molar-refractivity contribution in [1.29, 1.82) is 0 Å². The summed E-state index contributed by atoms with van der Waals surface area (Å²) in [5.74, 6) is 0.255. The van der Waals surface area contributed by atoms with E-state index in [0.29, 0.717) is 0 Å².